The Kier molecular flexibility index (Phi) is 6.54. The molecule has 2 rings (SSSR count). The molecule has 1 heterocycles. The molecule has 0 bridgehead atoms. The standard InChI is InChI=1S/C17H18F2N2O5/c1-10-12(5-6-25-10)16(23)21-9-15(22)20-8-11-3-4-13(26-17(18)19)14(7-11)24-2/h3-7,17H,8-9H2,1-2H3,(H,20,22)(H,21,23). The first-order chi connectivity index (χ1) is 12.4. The van der Waals surface area contributed by atoms with Crippen LogP contribution < -0.4 is 20.1 Å². The van der Waals surface area contributed by atoms with Crippen molar-refractivity contribution in [3.63, 3.8) is 0 Å². The van der Waals surface area contributed by atoms with E-state index in [0.29, 0.717) is 16.9 Å². The Balaban J connectivity index is 1.85. The number of halogens is 2. The second-order valence-electron chi connectivity index (χ2n) is 5.21. The second-order valence-corrected chi connectivity index (χ2v) is 5.21. The van der Waals surface area contributed by atoms with Crippen molar-refractivity contribution >= 4 is 11.8 Å². The SMILES string of the molecule is COc1cc(CNC(=O)CNC(=O)c2ccoc2C)ccc1OC(F)F. The number of alkyl halides is 2. The minimum Gasteiger partial charge on any atom is -0.493 e. The Hall–Kier alpha value is -3.10. The summed E-state index contributed by atoms with van der Waals surface area (Å²) in [7, 11) is 1.32. The zero-order valence-electron chi connectivity index (χ0n) is 14.2. The van der Waals surface area contributed by atoms with Crippen molar-refractivity contribution < 1.29 is 32.3 Å². The maximum atomic E-state index is 12.3. The Morgan fingerprint density at radius 1 is 1.19 bits per heavy atom. The van der Waals surface area contributed by atoms with E-state index >= 15 is 0 Å². The van der Waals surface area contributed by atoms with E-state index in [4.69, 9.17) is 9.15 Å². The van der Waals surface area contributed by atoms with Crippen LogP contribution in [-0.2, 0) is 11.3 Å². The Morgan fingerprint density at radius 2 is 1.96 bits per heavy atom. The largest absolute Gasteiger partial charge is 0.493 e. The molecule has 2 amide bonds. The number of carbonyl (C=O) groups excluding carboxylic acids is 2. The molecule has 0 fully saturated rings. The van der Waals surface area contributed by atoms with Gasteiger partial charge in [0.15, 0.2) is 11.5 Å². The topological polar surface area (TPSA) is 89.8 Å². The van der Waals surface area contributed by atoms with Gasteiger partial charge in [0.25, 0.3) is 5.91 Å². The van der Waals surface area contributed by atoms with Crippen molar-refractivity contribution in [3.8, 4) is 11.5 Å². The summed E-state index contributed by atoms with van der Waals surface area (Å²) < 4.78 is 38.9. The second kappa shape index (κ2) is 8.84. The summed E-state index contributed by atoms with van der Waals surface area (Å²) in [6, 6.07) is 5.84. The fourth-order valence-electron chi connectivity index (χ4n) is 2.15. The van der Waals surface area contributed by atoms with Crippen LogP contribution in [0.1, 0.15) is 21.7 Å². The van der Waals surface area contributed by atoms with E-state index in [-0.39, 0.29) is 24.6 Å². The molecule has 2 N–H and O–H groups in total. The van der Waals surface area contributed by atoms with Gasteiger partial charge in [0.05, 0.1) is 25.5 Å². The van der Waals surface area contributed by atoms with Crippen LogP contribution in [0.25, 0.3) is 0 Å². The highest BCUT2D eigenvalue weighted by molar-refractivity contribution is 5.97. The van der Waals surface area contributed by atoms with Gasteiger partial charge in [0.1, 0.15) is 5.76 Å². The summed E-state index contributed by atoms with van der Waals surface area (Å²) in [5, 5.41) is 5.08. The third kappa shape index (κ3) is 5.20. The van der Waals surface area contributed by atoms with Gasteiger partial charge in [-0.15, -0.1) is 0 Å². The van der Waals surface area contributed by atoms with Gasteiger partial charge in [-0.2, -0.15) is 8.78 Å². The lowest BCUT2D eigenvalue weighted by Gasteiger charge is -2.12. The molecule has 7 nitrogen and oxygen atoms in total. The van der Waals surface area contributed by atoms with Crippen LogP contribution in [0, 0.1) is 6.92 Å². The maximum absolute atomic E-state index is 12.3. The molecular formula is C17H18F2N2O5. The first-order valence-corrected chi connectivity index (χ1v) is 7.61. The van der Waals surface area contributed by atoms with Crippen LogP contribution >= 0.6 is 0 Å². The van der Waals surface area contributed by atoms with Gasteiger partial charge in [-0.25, -0.2) is 0 Å². The monoisotopic (exact) mass is 368 g/mol. The number of furan rings is 1. The molecule has 140 valence electrons. The van der Waals surface area contributed by atoms with E-state index in [0.717, 1.165) is 0 Å². The Bertz CT molecular complexity index is 776. The third-order valence-corrected chi connectivity index (χ3v) is 3.45. The molecule has 0 unspecified atom stereocenters. The summed E-state index contributed by atoms with van der Waals surface area (Å²) in [6.07, 6.45) is 1.39. The molecule has 0 aliphatic heterocycles. The number of amides is 2. The molecule has 0 spiro atoms. The van der Waals surface area contributed by atoms with Crippen LogP contribution in [0.4, 0.5) is 8.78 Å². The first kappa shape index (κ1) is 19.2. The van der Waals surface area contributed by atoms with Crippen molar-refractivity contribution in [2.75, 3.05) is 13.7 Å². The van der Waals surface area contributed by atoms with Crippen LogP contribution in [-0.4, -0.2) is 32.1 Å². The first-order valence-electron chi connectivity index (χ1n) is 7.61. The van der Waals surface area contributed by atoms with Gasteiger partial charge in [0.2, 0.25) is 5.91 Å². The average Bonchev–Trinajstić information content (AvgIpc) is 3.04. The quantitative estimate of drug-likeness (QED) is 0.746. The number of ether oxygens (including phenoxy) is 2. The fraction of sp³-hybridized carbons (Fsp3) is 0.294. The Morgan fingerprint density at radius 3 is 2.58 bits per heavy atom. The van der Waals surface area contributed by atoms with Gasteiger partial charge in [0, 0.05) is 6.54 Å². The minimum atomic E-state index is -2.96. The fourth-order valence-corrected chi connectivity index (χ4v) is 2.15. The lowest BCUT2D eigenvalue weighted by Crippen LogP contribution is -2.36. The lowest BCUT2D eigenvalue weighted by atomic mass is 10.2. The highest BCUT2D eigenvalue weighted by Gasteiger charge is 2.13. The molecule has 0 saturated heterocycles. The highest BCUT2D eigenvalue weighted by Crippen LogP contribution is 2.29. The van der Waals surface area contributed by atoms with Crippen LogP contribution in [0.3, 0.4) is 0 Å². The summed E-state index contributed by atoms with van der Waals surface area (Å²) >= 11 is 0. The lowest BCUT2D eigenvalue weighted by molar-refractivity contribution is -0.120. The zero-order chi connectivity index (χ0) is 19.1. The molecular weight excluding hydrogens is 350 g/mol. The van der Waals surface area contributed by atoms with E-state index in [1.165, 1.54) is 37.6 Å². The number of nitrogens with one attached hydrogen (secondary N) is 2. The number of methoxy groups -OCH3 is 1. The number of carbonyl (C=O) groups is 2. The predicted octanol–water partition coefficient (Wildman–Crippen LogP) is 2.24. The summed E-state index contributed by atoms with van der Waals surface area (Å²) in [5.74, 6) is -0.338. The van der Waals surface area contributed by atoms with Gasteiger partial charge in [-0.05, 0) is 30.7 Å². The van der Waals surface area contributed by atoms with E-state index in [9.17, 15) is 18.4 Å². The number of hydrogen-bond donors (Lipinski definition) is 2. The molecule has 0 radical (unpaired) electrons. The maximum Gasteiger partial charge on any atom is 0.387 e. The molecule has 1 aromatic carbocycles. The molecule has 0 atom stereocenters. The van der Waals surface area contributed by atoms with Crippen molar-refractivity contribution in [2.24, 2.45) is 0 Å². The van der Waals surface area contributed by atoms with Gasteiger partial charge in [-0.3, -0.25) is 9.59 Å². The van der Waals surface area contributed by atoms with E-state index in [1.54, 1.807) is 6.92 Å². The van der Waals surface area contributed by atoms with Crippen molar-refractivity contribution in [2.45, 2.75) is 20.1 Å². The van der Waals surface area contributed by atoms with Gasteiger partial charge in [-0.1, -0.05) is 6.07 Å². The Labute approximate surface area is 148 Å². The molecule has 0 aliphatic carbocycles. The number of aryl methyl sites for hydroxylation is 1. The zero-order valence-corrected chi connectivity index (χ0v) is 14.2. The van der Waals surface area contributed by atoms with Crippen molar-refractivity contribution in [3.05, 3.63) is 47.4 Å². The summed E-state index contributed by atoms with van der Waals surface area (Å²) in [6.45, 7) is -1.40. The van der Waals surface area contributed by atoms with Gasteiger partial charge >= 0.3 is 6.61 Å². The minimum absolute atomic E-state index is 0.0969. The summed E-state index contributed by atoms with van der Waals surface area (Å²) in [5.41, 5.74) is 0.978. The van der Waals surface area contributed by atoms with Crippen molar-refractivity contribution in [1.29, 1.82) is 0 Å². The number of benzene rings is 1. The van der Waals surface area contributed by atoms with Crippen LogP contribution in [0.2, 0.25) is 0 Å². The van der Waals surface area contributed by atoms with E-state index < -0.39 is 18.4 Å². The average molecular weight is 368 g/mol. The third-order valence-electron chi connectivity index (χ3n) is 3.45. The molecule has 1 aromatic heterocycles. The normalized spacial score (nSPS) is 10.5. The van der Waals surface area contributed by atoms with Crippen LogP contribution in [0.5, 0.6) is 11.5 Å². The molecule has 2 aromatic rings. The summed E-state index contributed by atoms with van der Waals surface area (Å²) in [4.78, 5) is 23.7. The van der Waals surface area contributed by atoms with Gasteiger partial charge < -0.3 is 24.5 Å². The van der Waals surface area contributed by atoms with E-state index in [1.807, 2.05) is 0 Å². The molecule has 0 saturated carbocycles. The molecule has 0 aliphatic rings. The molecule has 26 heavy (non-hydrogen) atoms. The number of rotatable bonds is 8. The van der Waals surface area contributed by atoms with Crippen LogP contribution in [0.15, 0.2) is 34.9 Å². The predicted molar refractivity (Wildman–Crippen MR) is 87.3 cm³/mol. The van der Waals surface area contributed by atoms with Crippen molar-refractivity contribution in [1.82, 2.24) is 10.6 Å². The molecule has 9 heteroatoms. The smallest absolute Gasteiger partial charge is 0.387 e. The van der Waals surface area contributed by atoms with E-state index in [2.05, 4.69) is 15.4 Å². The highest BCUT2D eigenvalue weighted by atomic mass is 19.3. The number of hydrogen-bond acceptors (Lipinski definition) is 5.